The molecule has 0 aromatic heterocycles. The molecular weight excluding hydrogens is 353 g/mol. The van der Waals surface area contributed by atoms with Gasteiger partial charge in [0.05, 0.1) is 24.8 Å². The predicted octanol–water partition coefficient (Wildman–Crippen LogP) is 2.65. The summed E-state index contributed by atoms with van der Waals surface area (Å²) in [5.74, 6) is -2.11. The number of nitrogens with one attached hydrogen (secondary N) is 1. The van der Waals surface area contributed by atoms with Crippen molar-refractivity contribution >= 4 is 21.7 Å². The minimum absolute atomic E-state index is 0.00904. The van der Waals surface area contributed by atoms with E-state index in [9.17, 15) is 22.7 Å². The smallest absolute Gasteiger partial charge is 0.339 e. The van der Waals surface area contributed by atoms with Crippen molar-refractivity contribution in [1.82, 2.24) is 0 Å². The van der Waals surface area contributed by atoms with Crippen LogP contribution in [0.1, 0.15) is 15.9 Å². The summed E-state index contributed by atoms with van der Waals surface area (Å²) >= 11 is 0. The van der Waals surface area contributed by atoms with Crippen LogP contribution in [0, 0.1) is 12.7 Å². The maximum Gasteiger partial charge on any atom is 0.339 e. The Morgan fingerprint density at radius 3 is 2.36 bits per heavy atom. The second-order valence-electron chi connectivity index (χ2n) is 5.08. The van der Waals surface area contributed by atoms with E-state index >= 15 is 0 Å². The Morgan fingerprint density at radius 2 is 1.84 bits per heavy atom. The first kappa shape index (κ1) is 18.5. The average molecular weight is 369 g/mol. The number of halogens is 1. The second kappa shape index (κ2) is 6.98. The second-order valence-corrected chi connectivity index (χ2v) is 6.76. The summed E-state index contributed by atoms with van der Waals surface area (Å²) in [5.41, 5.74) is -0.00528. The summed E-state index contributed by atoms with van der Waals surface area (Å²) in [4.78, 5) is 11.0. The number of carbonyl (C=O) groups is 1. The molecule has 0 fully saturated rings. The third-order valence-corrected chi connectivity index (χ3v) is 4.78. The zero-order valence-electron chi connectivity index (χ0n) is 13.7. The molecule has 0 unspecified atom stereocenters. The zero-order valence-corrected chi connectivity index (χ0v) is 14.5. The number of benzene rings is 2. The number of anilines is 1. The van der Waals surface area contributed by atoms with Gasteiger partial charge in [-0.25, -0.2) is 17.6 Å². The van der Waals surface area contributed by atoms with Crippen molar-refractivity contribution in [1.29, 1.82) is 0 Å². The van der Waals surface area contributed by atoms with Crippen LogP contribution in [0.2, 0.25) is 0 Å². The highest BCUT2D eigenvalue weighted by molar-refractivity contribution is 7.92. The molecular formula is C16H16FNO6S. The van der Waals surface area contributed by atoms with E-state index in [1.807, 2.05) is 0 Å². The van der Waals surface area contributed by atoms with Crippen molar-refractivity contribution in [3.8, 4) is 11.5 Å². The Morgan fingerprint density at radius 1 is 1.16 bits per heavy atom. The van der Waals surface area contributed by atoms with Gasteiger partial charge in [-0.1, -0.05) is 6.07 Å². The van der Waals surface area contributed by atoms with Crippen LogP contribution in [0.5, 0.6) is 11.5 Å². The van der Waals surface area contributed by atoms with Crippen LogP contribution in [0.3, 0.4) is 0 Å². The van der Waals surface area contributed by atoms with Gasteiger partial charge in [-0.15, -0.1) is 0 Å². The molecule has 2 aromatic rings. The monoisotopic (exact) mass is 369 g/mol. The molecule has 25 heavy (non-hydrogen) atoms. The Hall–Kier alpha value is -2.81. The van der Waals surface area contributed by atoms with Gasteiger partial charge in [-0.05, 0) is 30.7 Å². The Kier molecular flexibility index (Phi) is 5.17. The largest absolute Gasteiger partial charge is 0.493 e. The normalized spacial score (nSPS) is 11.0. The number of aromatic carboxylic acids is 1. The molecule has 134 valence electrons. The fraction of sp³-hybridized carbons (Fsp3) is 0.188. The molecule has 0 aliphatic rings. The van der Waals surface area contributed by atoms with Crippen LogP contribution in [0.25, 0.3) is 0 Å². The number of hydrogen-bond donors (Lipinski definition) is 2. The maximum absolute atomic E-state index is 13.6. The highest BCUT2D eigenvalue weighted by Gasteiger charge is 2.24. The molecule has 2 rings (SSSR count). The van der Waals surface area contributed by atoms with Crippen molar-refractivity contribution in [2.75, 3.05) is 18.9 Å². The van der Waals surface area contributed by atoms with Crippen molar-refractivity contribution in [2.45, 2.75) is 11.8 Å². The number of rotatable bonds is 6. The lowest BCUT2D eigenvalue weighted by molar-refractivity contribution is 0.0692. The number of hydrogen-bond acceptors (Lipinski definition) is 5. The molecule has 0 amide bonds. The maximum atomic E-state index is 13.6. The van der Waals surface area contributed by atoms with Crippen molar-refractivity contribution in [3.63, 3.8) is 0 Å². The SMILES string of the molecule is COc1cc(S(=O)(=O)Nc2ccc(C)c(F)c2)cc(C(=O)O)c1OC. The van der Waals surface area contributed by atoms with Gasteiger partial charge in [0.25, 0.3) is 10.0 Å². The quantitative estimate of drug-likeness (QED) is 0.812. The summed E-state index contributed by atoms with van der Waals surface area (Å²) in [7, 11) is -1.68. The van der Waals surface area contributed by atoms with Crippen LogP contribution in [0.4, 0.5) is 10.1 Å². The van der Waals surface area contributed by atoms with E-state index in [4.69, 9.17) is 9.47 Å². The van der Waals surface area contributed by atoms with Crippen molar-refractivity contribution < 1.29 is 32.2 Å². The molecule has 2 aromatic carbocycles. The molecule has 0 spiro atoms. The molecule has 7 nitrogen and oxygen atoms in total. The molecule has 0 saturated heterocycles. The van der Waals surface area contributed by atoms with Crippen molar-refractivity contribution in [2.24, 2.45) is 0 Å². The third kappa shape index (κ3) is 3.82. The molecule has 0 atom stereocenters. The van der Waals surface area contributed by atoms with Gasteiger partial charge in [0.15, 0.2) is 11.5 Å². The van der Waals surface area contributed by atoms with E-state index in [2.05, 4.69) is 4.72 Å². The van der Waals surface area contributed by atoms with E-state index in [-0.39, 0.29) is 27.6 Å². The van der Waals surface area contributed by atoms with Gasteiger partial charge in [-0.2, -0.15) is 0 Å². The predicted molar refractivity (Wildman–Crippen MR) is 88.5 cm³/mol. The summed E-state index contributed by atoms with van der Waals surface area (Å²) in [5, 5.41) is 9.26. The van der Waals surface area contributed by atoms with Gasteiger partial charge in [0, 0.05) is 6.07 Å². The van der Waals surface area contributed by atoms with Gasteiger partial charge in [0.1, 0.15) is 11.4 Å². The van der Waals surface area contributed by atoms with Crippen LogP contribution in [-0.2, 0) is 10.0 Å². The first-order chi connectivity index (χ1) is 11.7. The third-order valence-electron chi connectivity index (χ3n) is 3.42. The highest BCUT2D eigenvalue weighted by Crippen LogP contribution is 2.34. The van der Waals surface area contributed by atoms with E-state index < -0.39 is 21.8 Å². The summed E-state index contributed by atoms with van der Waals surface area (Å²) in [6.45, 7) is 1.54. The molecule has 0 radical (unpaired) electrons. The van der Waals surface area contributed by atoms with E-state index in [0.717, 1.165) is 18.2 Å². The van der Waals surface area contributed by atoms with Crippen molar-refractivity contribution in [3.05, 3.63) is 47.3 Å². The summed E-state index contributed by atoms with van der Waals surface area (Å²) < 4.78 is 50.8. The standard InChI is InChI=1S/C16H16FNO6S/c1-9-4-5-10(6-13(9)17)18-25(21,22)11-7-12(16(19)20)15(24-3)14(8-11)23-2/h4-8,18H,1-3H3,(H,19,20). The number of aryl methyl sites for hydroxylation is 1. The van der Waals surface area contributed by atoms with Gasteiger partial charge >= 0.3 is 5.97 Å². The number of methoxy groups -OCH3 is 2. The average Bonchev–Trinajstić information content (AvgIpc) is 2.56. The molecule has 0 aliphatic heterocycles. The highest BCUT2D eigenvalue weighted by atomic mass is 32.2. The number of sulfonamides is 1. The van der Waals surface area contributed by atoms with E-state index in [1.54, 1.807) is 6.92 Å². The van der Waals surface area contributed by atoms with Crippen LogP contribution >= 0.6 is 0 Å². The first-order valence-corrected chi connectivity index (χ1v) is 8.46. The first-order valence-electron chi connectivity index (χ1n) is 6.98. The molecule has 0 aliphatic carbocycles. The number of carboxylic acid groups (broad SMARTS) is 1. The molecule has 0 bridgehead atoms. The minimum atomic E-state index is -4.17. The number of carboxylic acids is 1. The summed E-state index contributed by atoms with van der Waals surface area (Å²) in [6, 6.07) is 5.92. The lowest BCUT2D eigenvalue weighted by Crippen LogP contribution is -2.15. The fourth-order valence-electron chi connectivity index (χ4n) is 2.12. The molecule has 2 N–H and O–H groups in total. The molecule has 0 heterocycles. The van der Waals surface area contributed by atoms with E-state index in [1.165, 1.54) is 26.4 Å². The molecule has 0 saturated carbocycles. The molecule has 9 heteroatoms. The Balaban J connectivity index is 2.53. The topological polar surface area (TPSA) is 102 Å². The number of ether oxygens (including phenoxy) is 2. The lowest BCUT2D eigenvalue weighted by atomic mass is 10.2. The Labute approximate surface area is 144 Å². The van der Waals surface area contributed by atoms with Gasteiger partial charge in [-0.3, -0.25) is 4.72 Å². The van der Waals surface area contributed by atoms with Gasteiger partial charge < -0.3 is 14.6 Å². The Bertz CT molecular complexity index is 926. The van der Waals surface area contributed by atoms with Crippen LogP contribution < -0.4 is 14.2 Å². The van der Waals surface area contributed by atoms with E-state index in [0.29, 0.717) is 5.56 Å². The van der Waals surface area contributed by atoms with Crippen LogP contribution in [-0.4, -0.2) is 33.7 Å². The van der Waals surface area contributed by atoms with Gasteiger partial charge in [0.2, 0.25) is 0 Å². The zero-order chi connectivity index (χ0) is 18.8. The fourth-order valence-corrected chi connectivity index (χ4v) is 3.21. The minimum Gasteiger partial charge on any atom is -0.493 e. The summed E-state index contributed by atoms with van der Waals surface area (Å²) in [6.07, 6.45) is 0. The lowest BCUT2D eigenvalue weighted by Gasteiger charge is -2.14. The van der Waals surface area contributed by atoms with Crippen LogP contribution in [0.15, 0.2) is 35.2 Å².